The highest BCUT2D eigenvalue weighted by Gasteiger charge is 1.94. The van der Waals surface area contributed by atoms with Gasteiger partial charge in [-0.25, -0.2) is 0 Å². The van der Waals surface area contributed by atoms with Gasteiger partial charge in [-0.1, -0.05) is 9.39 Å². The van der Waals surface area contributed by atoms with Crippen LogP contribution in [-0.4, -0.2) is 16.3 Å². The fourth-order valence-electron chi connectivity index (χ4n) is 0.379. The Morgan fingerprint density at radius 3 is 2.88 bits per heavy atom. The molecule has 4 heteroatoms. The van der Waals surface area contributed by atoms with Crippen molar-refractivity contribution in [2.45, 2.75) is 0 Å². The molecule has 0 aliphatic carbocycles. The third-order valence-electron chi connectivity index (χ3n) is 0.747. The van der Waals surface area contributed by atoms with Crippen molar-refractivity contribution < 1.29 is 9.28 Å². The number of halogens is 1. The average molecular weight is 114 g/mol. The van der Waals surface area contributed by atoms with Gasteiger partial charge in [0.05, 0.1) is 6.20 Å². The first-order chi connectivity index (χ1) is 3.84. The molecule has 0 amide bonds. The molecule has 3 nitrogen and oxygen atoms in total. The van der Waals surface area contributed by atoms with Crippen molar-refractivity contribution in [1.29, 1.82) is 0 Å². The molecule has 0 saturated heterocycles. The topological polar surface area (TPSA) is 34.9 Å². The predicted molar refractivity (Wildman–Crippen MR) is 24.1 cm³/mol. The quantitative estimate of drug-likeness (QED) is 0.496. The molecule has 1 rings (SSSR count). The lowest BCUT2D eigenvalue weighted by Gasteiger charge is -1.79. The number of carbonyl (C=O) groups is 1. The molecule has 0 aromatic carbocycles. The van der Waals surface area contributed by atoms with Gasteiger partial charge in [-0.05, 0) is 6.07 Å². The third-order valence-corrected chi connectivity index (χ3v) is 0.747. The van der Waals surface area contributed by atoms with E-state index in [4.69, 9.17) is 0 Å². The van der Waals surface area contributed by atoms with E-state index in [0.29, 0.717) is 6.29 Å². The van der Waals surface area contributed by atoms with Crippen LogP contribution in [0.3, 0.4) is 0 Å². The third kappa shape index (κ3) is 0.598. The Morgan fingerprint density at radius 2 is 2.62 bits per heavy atom. The van der Waals surface area contributed by atoms with Crippen molar-refractivity contribution in [3.63, 3.8) is 0 Å². The second kappa shape index (κ2) is 1.73. The SMILES string of the molecule is O=Cc1ccnn1F. The molecule has 0 spiro atoms. The van der Waals surface area contributed by atoms with Crippen LogP contribution in [0.4, 0.5) is 4.48 Å². The van der Waals surface area contributed by atoms with Crippen LogP contribution in [0.15, 0.2) is 12.3 Å². The first-order valence-electron chi connectivity index (χ1n) is 2.00. The van der Waals surface area contributed by atoms with Gasteiger partial charge in [0.1, 0.15) is 5.69 Å². The lowest BCUT2D eigenvalue weighted by atomic mass is 10.5. The number of rotatable bonds is 1. The molecule has 1 aromatic rings. The summed E-state index contributed by atoms with van der Waals surface area (Å²) in [6.07, 6.45) is 1.61. The van der Waals surface area contributed by atoms with Crippen LogP contribution in [0.5, 0.6) is 0 Å². The Hall–Kier alpha value is -1.19. The van der Waals surface area contributed by atoms with E-state index in [1.54, 1.807) is 0 Å². The summed E-state index contributed by atoms with van der Waals surface area (Å²) in [5, 5.41) is 3.11. The Kier molecular flexibility index (Phi) is 1.07. The van der Waals surface area contributed by atoms with E-state index >= 15 is 0 Å². The van der Waals surface area contributed by atoms with E-state index < -0.39 is 0 Å². The van der Waals surface area contributed by atoms with Crippen LogP contribution in [0.1, 0.15) is 10.5 Å². The van der Waals surface area contributed by atoms with E-state index in [0.717, 1.165) is 0 Å². The predicted octanol–water partition coefficient (Wildman–Crippen LogP) is 0.428. The standard InChI is InChI=1S/C4H3FN2O/c5-7-4(3-8)1-2-6-7/h1-3H. The van der Waals surface area contributed by atoms with Crippen LogP contribution in [-0.2, 0) is 0 Å². The Bertz CT molecular complexity index is 196. The number of carbonyl (C=O) groups excluding carboxylic acids is 1. The second-order valence-electron chi connectivity index (χ2n) is 1.23. The van der Waals surface area contributed by atoms with Gasteiger partial charge < -0.3 is 0 Å². The first kappa shape index (κ1) is 4.96. The molecule has 0 N–H and O–H groups in total. The lowest BCUT2D eigenvalue weighted by Crippen LogP contribution is -1.89. The van der Waals surface area contributed by atoms with E-state index in [1.807, 2.05) is 0 Å². The smallest absolute Gasteiger partial charge is 0.171 e. The molecule has 42 valence electrons. The first-order valence-corrected chi connectivity index (χ1v) is 2.00. The zero-order valence-electron chi connectivity index (χ0n) is 3.91. The van der Waals surface area contributed by atoms with Crippen molar-refractivity contribution in [3.8, 4) is 0 Å². The normalized spacial score (nSPS) is 9.12. The van der Waals surface area contributed by atoms with Crippen LogP contribution in [0, 0.1) is 0 Å². The molecule has 0 fully saturated rings. The zero-order chi connectivity index (χ0) is 5.98. The molecular formula is C4H3FN2O. The van der Waals surface area contributed by atoms with Crippen LogP contribution >= 0.6 is 0 Å². The number of aromatic nitrogens is 2. The van der Waals surface area contributed by atoms with Gasteiger partial charge in [0.25, 0.3) is 0 Å². The van der Waals surface area contributed by atoms with Gasteiger partial charge >= 0.3 is 0 Å². The van der Waals surface area contributed by atoms with Crippen molar-refractivity contribution in [2.24, 2.45) is 0 Å². The molecule has 0 aliphatic rings. The molecule has 1 heterocycles. The van der Waals surface area contributed by atoms with Gasteiger partial charge in [0.2, 0.25) is 0 Å². The second-order valence-corrected chi connectivity index (χ2v) is 1.23. The Morgan fingerprint density at radius 1 is 1.88 bits per heavy atom. The maximum absolute atomic E-state index is 11.9. The zero-order valence-corrected chi connectivity index (χ0v) is 3.91. The summed E-state index contributed by atoms with van der Waals surface area (Å²) in [6, 6.07) is 1.28. The summed E-state index contributed by atoms with van der Waals surface area (Å²) in [7, 11) is 0. The van der Waals surface area contributed by atoms with Gasteiger partial charge in [0.15, 0.2) is 6.29 Å². The molecular weight excluding hydrogens is 111 g/mol. The lowest BCUT2D eigenvalue weighted by molar-refractivity contribution is 0.110. The minimum absolute atomic E-state index is 0.0208. The van der Waals surface area contributed by atoms with E-state index in [2.05, 4.69) is 5.10 Å². The Labute approximate surface area is 44.7 Å². The van der Waals surface area contributed by atoms with Crippen LogP contribution in [0.2, 0.25) is 0 Å². The molecule has 0 atom stereocenters. The van der Waals surface area contributed by atoms with Crippen molar-refractivity contribution in [1.82, 2.24) is 10.0 Å². The van der Waals surface area contributed by atoms with E-state index in [-0.39, 0.29) is 10.6 Å². The maximum Gasteiger partial charge on any atom is 0.171 e. The summed E-state index contributed by atoms with van der Waals surface area (Å²) in [5.41, 5.74) is -0.0648. The molecule has 0 radical (unpaired) electrons. The van der Waals surface area contributed by atoms with Crippen LogP contribution in [0.25, 0.3) is 0 Å². The fraction of sp³-hybridized carbons (Fsp3) is 0. The average Bonchev–Trinajstić information content (AvgIpc) is 2.14. The van der Waals surface area contributed by atoms with Crippen LogP contribution < -0.4 is 0 Å². The largest absolute Gasteiger partial charge is 0.296 e. The molecule has 0 unspecified atom stereocenters. The summed E-state index contributed by atoms with van der Waals surface area (Å²) >= 11 is 0. The molecule has 0 aliphatic heterocycles. The number of hydrogen-bond donors (Lipinski definition) is 0. The summed E-state index contributed by atoms with van der Waals surface area (Å²) in [4.78, 5) is 9.81. The number of aldehydes is 1. The number of nitrogens with zero attached hydrogens (tertiary/aromatic N) is 2. The highest BCUT2D eigenvalue weighted by atomic mass is 19.2. The molecule has 1 aromatic heterocycles. The number of hydrogen-bond acceptors (Lipinski definition) is 2. The Balaban J connectivity index is 3.09. The van der Waals surface area contributed by atoms with Gasteiger partial charge in [-0.2, -0.15) is 5.10 Å². The highest BCUT2D eigenvalue weighted by molar-refractivity contribution is 5.71. The van der Waals surface area contributed by atoms with E-state index in [9.17, 15) is 9.28 Å². The minimum Gasteiger partial charge on any atom is -0.296 e. The van der Waals surface area contributed by atoms with Crippen molar-refractivity contribution in [2.75, 3.05) is 0 Å². The highest BCUT2D eigenvalue weighted by Crippen LogP contribution is 1.91. The monoisotopic (exact) mass is 114 g/mol. The molecule has 0 bridgehead atoms. The van der Waals surface area contributed by atoms with Crippen molar-refractivity contribution in [3.05, 3.63) is 18.0 Å². The van der Waals surface area contributed by atoms with Gasteiger partial charge in [0, 0.05) is 0 Å². The molecule has 0 saturated carbocycles. The van der Waals surface area contributed by atoms with Crippen molar-refractivity contribution >= 4 is 6.29 Å². The fourth-order valence-corrected chi connectivity index (χ4v) is 0.379. The maximum atomic E-state index is 11.9. The van der Waals surface area contributed by atoms with E-state index in [1.165, 1.54) is 12.3 Å². The van der Waals surface area contributed by atoms with Gasteiger partial charge in [-0.3, -0.25) is 4.79 Å². The minimum atomic E-state index is -0.0648. The van der Waals surface area contributed by atoms with Gasteiger partial charge in [-0.15, -0.1) is 0 Å². The summed E-state index contributed by atoms with van der Waals surface area (Å²) < 4.78 is 11.9. The molecule has 8 heavy (non-hydrogen) atoms. The summed E-state index contributed by atoms with van der Waals surface area (Å²) in [5.74, 6) is 0. The summed E-state index contributed by atoms with van der Waals surface area (Å²) in [6.45, 7) is 0.